The van der Waals surface area contributed by atoms with Crippen LogP contribution < -0.4 is 9.46 Å². The Morgan fingerprint density at radius 3 is 2.28 bits per heavy atom. The van der Waals surface area contributed by atoms with Gasteiger partial charge < -0.3 is 14.4 Å². The Kier molecular flexibility index (Phi) is 7.68. The fourth-order valence-electron chi connectivity index (χ4n) is 3.31. The summed E-state index contributed by atoms with van der Waals surface area (Å²) in [6, 6.07) is 10.6. The number of benzene rings is 2. The molecule has 0 unspecified atom stereocenters. The molecule has 1 aliphatic rings. The van der Waals surface area contributed by atoms with Gasteiger partial charge in [0.1, 0.15) is 11.6 Å². The van der Waals surface area contributed by atoms with Gasteiger partial charge in [0.2, 0.25) is 0 Å². The van der Waals surface area contributed by atoms with Gasteiger partial charge in [-0.2, -0.15) is 0 Å². The molecule has 2 aromatic rings. The SMILES string of the molecule is CCOC(=O)C1CCN(C(=O)COc2ccc(S(=O)(=O)Nc3ccc(F)cc3)cc2)CC1. The average Bonchev–Trinajstić information content (AvgIpc) is 2.79. The minimum absolute atomic E-state index is 0.00143. The van der Waals surface area contributed by atoms with Crippen LogP contribution in [-0.4, -0.2) is 51.5 Å². The molecule has 0 aliphatic carbocycles. The second-order valence-corrected chi connectivity index (χ2v) is 8.96. The summed E-state index contributed by atoms with van der Waals surface area (Å²) in [5.41, 5.74) is 0.240. The van der Waals surface area contributed by atoms with Crippen molar-refractivity contribution in [3.8, 4) is 5.75 Å². The van der Waals surface area contributed by atoms with E-state index < -0.39 is 15.8 Å². The maximum atomic E-state index is 13.0. The smallest absolute Gasteiger partial charge is 0.309 e. The van der Waals surface area contributed by atoms with Crippen LogP contribution in [0.4, 0.5) is 10.1 Å². The van der Waals surface area contributed by atoms with Crippen LogP contribution in [0.25, 0.3) is 0 Å². The van der Waals surface area contributed by atoms with E-state index in [-0.39, 0.29) is 35.0 Å². The maximum Gasteiger partial charge on any atom is 0.309 e. The second kappa shape index (κ2) is 10.4. The number of likely N-dealkylation sites (tertiary alicyclic amines) is 1. The summed E-state index contributed by atoms with van der Waals surface area (Å²) >= 11 is 0. The Balaban J connectivity index is 1.50. The molecule has 172 valence electrons. The number of hydrogen-bond acceptors (Lipinski definition) is 6. The highest BCUT2D eigenvalue weighted by atomic mass is 32.2. The van der Waals surface area contributed by atoms with Crippen LogP contribution in [0.1, 0.15) is 19.8 Å². The van der Waals surface area contributed by atoms with E-state index in [0.29, 0.717) is 38.3 Å². The van der Waals surface area contributed by atoms with Crippen molar-refractivity contribution >= 4 is 27.6 Å². The molecule has 1 N–H and O–H groups in total. The van der Waals surface area contributed by atoms with Gasteiger partial charge >= 0.3 is 5.97 Å². The lowest BCUT2D eigenvalue weighted by molar-refractivity contribution is -0.151. The Hall–Kier alpha value is -3.14. The molecular formula is C22H25FN2O6S. The first kappa shape index (κ1) is 23.5. The van der Waals surface area contributed by atoms with Crippen molar-refractivity contribution in [3.05, 3.63) is 54.3 Å². The fraction of sp³-hybridized carbons (Fsp3) is 0.364. The van der Waals surface area contributed by atoms with Crippen LogP contribution in [0, 0.1) is 11.7 Å². The summed E-state index contributed by atoms with van der Waals surface area (Å²) in [7, 11) is -3.85. The number of esters is 1. The number of halogens is 1. The number of carbonyl (C=O) groups is 2. The van der Waals surface area contributed by atoms with Crippen molar-refractivity contribution in [2.45, 2.75) is 24.7 Å². The molecule has 32 heavy (non-hydrogen) atoms. The van der Waals surface area contributed by atoms with Gasteiger partial charge in [0.15, 0.2) is 6.61 Å². The normalized spacial score (nSPS) is 14.6. The molecule has 8 nitrogen and oxygen atoms in total. The summed E-state index contributed by atoms with van der Waals surface area (Å²) in [4.78, 5) is 25.8. The monoisotopic (exact) mass is 464 g/mol. The topological polar surface area (TPSA) is 102 Å². The highest BCUT2D eigenvalue weighted by molar-refractivity contribution is 7.92. The number of rotatable bonds is 8. The third-order valence-corrected chi connectivity index (χ3v) is 6.46. The number of nitrogens with zero attached hydrogens (tertiary/aromatic N) is 1. The van der Waals surface area contributed by atoms with Crippen molar-refractivity contribution in [2.24, 2.45) is 5.92 Å². The third-order valence-electron chi connectivity index (χ3n) is 5.06. The fourth-order valence-corrected chi connectivity index (χ4v) is 4.37. The molecular weight excluding hydrogens is 439 g/mol. The number of nitrogens with one attached hydrogen (secondary N) is 1. The molecule has 1 fully saturated rings. The molecule has 0 aromatic heterocycles. The molecule has 10 heteroatoms. The molecule has 0 bridgehead atoms. The van der Waals surface area contributed by atoms with Gasteiger partial charge in [0.05, 0.1) is 17.4 Å². The molecule has 0 saturated carbocycles. The number of anilines is 1. The van der Waals surface area contributed by atoms with Crippen molar-refractivity contribution in [1.29, 1.82) is 0 Å². The highest BCUT2D eigenvalue weighted by Crippen LogP contribution is 2.21. The van der Waals surface area contributed by atoms with Gasteiger partial charge in [-0.3, -0.25) is 14.3 Å². The van der Waals surface area contributed by atoms with Gasteiger partial charge in [-0.05, 0) is 68.3 Å². The van der Waals surface area contributed by atoms with E-state index in [4.69, 9.17) is 9.47 Å². The first-order chi connectivity index (χ1) is 15.3. The summed E-state index contributed by atoms with van der Waals surface area (Å²) in [6.07, 6.45) is 1.11. The van der Waals surface area contributed by atoms with E-state index >= 15 is 0 Å². The van der Waals surface area contributed by atoms with Crippen LogP contribution in [-0.2, 0) is 24.3 Å². The Morgan fingerprint density at radius 1 is 1.06 bits per heavy atom. The van der Waals surface area contributed by atoms with Crippen LogP contribution in [0.5, 0.6) is 5.75 Å². The minimum Gasteiger partial charge on any atom is -0.484 e. The third kappa shape index (κ3) is 6.19. The molecule has 0 atom stereocenters. The standard InChI is InChI=1S/C22H25FN2O6S/c1-2-30-22(27)16-11-13-25(14-12-16)21(26)15-31-19-7-9-20(10-8-19)32(28,29)24-18-5-3-17(23)4-6-18/h3-10,16,24H,2,11-15H2,1H3. The Labute approximate surface area is 186 Å². The number of piperidine rings is 1. The zero-order chi connectivity index (χ0) is 23.1. The van der Waals surface area contributed by atoms with Crippen molar-refractivity contribution in [3.63, 3.8) is 0 Å². The Morgan fingerprint density at radius 2 is 1.69 bits per heavy atom. The quantitative estimate of drug-likeness (QED) is 0.603. The van der Waals surface area contributed by atoms with Crippen LogP contribution in [0.15, 0.2) is 53.4 Å². The lowest BCUT2D eigenvalue weighted by Crippen LogP contribution is -2.42. The molecule has 1 heterocycles. The van der Waals surface area contributed by atoms with E-state index in [1.807, 2.05) is 0 Å². The summed E-state index contributed by atoms with van der Waals surface area (Å²) < 4.78 is 50.8. The molecule has 2 aromatic carbocycles. The van der Waals surface area contributed by atoms with Crippen LogP contribution in [0.3, 0.4) is 0 Å². The zero-order valence-electron chi connectivity index (χ0n) is 17.6. The predicted molar refractivity (Wildman–Crippen MR) is 115 cm³/mol. The predicted octanol–water partition coefficient (Wildman–Crippen LogP) is 2.81. The number of carbonyl (C=O) groups excluding carboxylic acids is 2. The van der Waals surface area contributed by atoms with E-state index in [1.165, 1.54) is 36.4 Å². The van der Waals surface area contributed by atoms with Gasteiger partial charge in [-0.1, -0.05) is 0 Å². The van der Waals surface area contributed by atoms with Gasteiger partial charge in [-0.25, -0.2) is 12.8 Å². The molecule has 0 spiro atoms. The van der Waals surface area contributed by atoms with Gasteiger partial charge in [-0.15, -0.1) is 0 Å². The molecule has 1 amide bonds. The Bertz CT molecular complexity index is 1030. The number of amides is 1. The van der Waals surface area contributed by atoms with Crippen LogP contribution >= 0.6 is 0 Å². The average molecular weight is 465 g/mol. The first-order valence-corrected chi connectivity index (χ1v) is 11.7. The van der Waals surface area contributed by atoms with E-state index in [9.17, 15) is 22.4 Å². The van der Waals surface area contributed by atoms with Crippen molar-refractivity contribution < 1.29 is 31.9 Å². The molecule has 3 rings (SSSR count). The summed E-state index contributed by atoms with van der Waals surface area (Å²) in [5.74, 6) is -0.729. The number of ether oxygens (including phenoxy) is 2. The first-order valence-electron chi connectivity index (χ1n) is 10.2. The minimum atomic E-state index is -3.85. The number of hydrogen-bond donors (Lipinski definition) is 1. The van der Waals surface area contributed by atoms with Gasteiger partial charge in [0, 0.05) is 18.8 Å². The molecule has 1 saturated heterocycles. The van der Waals surface area contributed by atoms with Crippen LogP contribution in [0.2, 0.25) is 0 Å². The highest BCUT2D eigenvalue weighted by Gasteiger charge is 2.28. The number of sulfonamides is 1. The van der Waals surface area contributed by atoms with E-state index in [0.717, 1.165) is 12.1 Å². The summed E-state index contributed by atoms with van der Waals surface area (Å²) in [6.45, 7) is 2.83. The van der Waals surface area contributed by atoms with Gasteiger partial charge in [0.25, 0.3) is 15.9 Å². The lowest BCUT2D eigenvalue weighted by atomic mass is 9.97. The van der Waals surface area contributed by atoms with Crippen molar-refractivity contribution in [2.75, 3.05) is 31.0 Å². The van der Waals surface area contributed by atoms with E-state index in [1.54, 1.807) is 11.8 Å². The second-order valence-electron chi connectivity index (χ2n) is 7.28. The molecule has 0 radical (unpaired) electrons. The lowest BCUT2D eigenvalue weighted by Gasteiger charge is -2.30. The largest absolute Gasteiger partial charge is 0.484 e. The van der Waals surface area contributed by atoms with Crippen molar-refractivity contribution in [1.82, 2.24) is 4.90 Å². The zero-order valence-corrected chi connectivity index (χ0v) is 18.4. The summed E-state index contributed by atoms with van der Waals surface area (Å²) in [5, 5.41) is 0. The molecule has 1 aliphatic heterocycles. The maximum absolute atomic E-state index is 13.0. The van der Waals surface area contributed by atoms with E-state index in [2.05, 4.69) is 4.72 Å².